The Bertz CT molecular complexity index is 1060. The normalized spacial score (nSPS) is 18.9. The Morgan fingerprint density at radius 2 is 1.68 bits per heavy atom. The Morgan fingerprint density at radius 1 is 0.968 bits per heavy atom. The first-order chi connectivity index (χ1) is 14.8. The lowest BCUT2D eigenvalue weighted by Crippen LogP contribution is -2.47. The Labute approximate surface area is 185 Å². The molecule has 0 aromatic heterocycles. The number of nitrogens with one attached hydrogen (secondary N) is 1. The molecule has 166 valence electrons. The van der Waals surface area contributed by atoms with E-state index in [2.05, 4.69) is 28.4 Å². The van der Waals surface area contributed by atoms with Gasteiger partial charge in [-0.15, -0.1) is 0 Å². The van der Waals surface area contributed by atoms with Crippen LogP contribution < -0.4 is 5.32 Å². The number of likely N-dealkylation sites (N-methyl/N-ethyl adjacent to an activating group) is 1. The zero-order valence-electron chi connectivity index (χ0n) is 18.3. The topological polar surface area (TPSA) is 69.7 Å². The van der Waals surface area contributed by atoms with Gasteiger partial charge < -0.3 is 10.2 Å². The molecule has 1 N–H and O–H groups in total. The summed E-state index contributed by atoms with van der Waals surface area (Å²) in [4.78, 5) is 15.2. The lowest BCUT2D eigenvalue weighted by molar-refractivity contribution is 0.0939. The summed E-state index contributed by atoms with van der Waals surface area (Å²) in [5.41, 5.74) is 4.23. The molecule has 1 atom stereocenters. The Balaban J connectivity index is 1.48. The monoisotopic (exact) mass is 441 g/mol. The summed E-state index contributed by atoms with van der Waals surface area (Å²) >= 11 is 0. The molecule has 1 fully saturated rings. The van der Waals surface area contributed by atoms with E-state index in [9.17, 15) is 13.2 Å². The van der Waals surface area contributed by atoms with E-state index in [0.717, 1.165) is 18.4 Å². The fourth-order valence-corrected chi connectivity index (χ4v) is 5.83. The summed E-state index contributed by atoms with van der Waals surface area (Å²) in [6.07, 6.45) is 4.68. The summed E-state index contributed by atoms with van der Waals surface area (Å²) in [7, 11) is -1.62. The number of aryl methyl sites for hydroxylation is 2. The number of sulfonamides is 1. The molecule has 0 bridgehead atoms. The molecule has 0 saturated carbocycles. The first-order valence-corrected chi connectivity index (χ1v) is 12.5. The number of carbonyl (C=O) groups excluding carboxylic acids is 1. The molecule has 6 nitrogen and oxygen atoms in total. The SMILES string of the molecule is CC(NC(=O)c1cccc(S(=O)(=O)N2CCN(C)CC2)c1)c1ccc2c(c1)CCCC2. The van der Waals surface area contributed by atoms with E-state index in [4.69, 9.17) is 0 Å². The van der Waals surface area contributed by atoms with Crippen molar-refractivity contribution in [1.29, 1.82) is 0 Å². The maximum atomic E-state index is 13.0. The molecule has 1 heterocycles. The number of carbonyl (C=O) groups is 1. The van der Waals surface area contributed by atoms with E-state index >= 15 is 0 Å². The van der Waals surface area contributed by atoms with Gasteiger partial charge in [-0.1, -0.05) is 24.3 Å². The summed E-state index contributed by atoms with van der Waals surface area (Å²) in [6, 6.07) is 12.7. The summed E-state index contributed by atoms with van der Waals surface area (Å²) < 4.78 is 27.5. The molecule has 1 unspecified atom stereocenters. The number of piperazine rings is 1. The van der Waals surface area contributed by atoms with Gasteiger partial charge in [-0.05, 0) is 74.5 Å². The maximum Gasteiger partial charge on any atom is 0.251 e. The van der Waals surface area contributed by atoms with Crippen molar-refractivity contribution >= 4 is 15.9 Å². The first-order valence-electron chi connectivity index (χ1n) is 11.1. The molecule has 1 saturated heterocycles. The number of hydrogen-bond donors (Lipinski definition) is 1. The highest BCUT2D eigenvalue weighted by atomic mass is 32.2. The van der Waals surface area contributed by atoms with Gasteiger partial charge in [0.1, 0.15) is 0 Å². The third kappa shape index (κ3) is 4.84. The highest BCUT2D eigenvalue weighted by Gasteiger charge is 2.28. The predicted octanol–water partition coefficient (Wildman–Crippen LogP) is 2.99. The molecular formula is C24H31N3O3S. The largest absolute Gasteiger partial charge is 0.346 e. The molecule has 0 radical (unpaired) electrons. The molecule has 1 amide bonds. The fraction of sp³-hybridized carbons (Fsp3) is 0.458. The van der Waals surface area contributed by atoms with Crippen LogP contribution in [0.4, 0.5) is 0 Å². The van der Waals surface area contributed by atoms with Crippen LogP contribution in [0.3, 0.4) is 0 Å². The summed E-state index contributed by atoms with van der Waals surface area (Å²) in [5, 5.41) is 3.03. The predicted molar refractivity (Wildman–Crippen MR) is 122 cm³/mol. The van der Waals surface area contributed by atoms with Crippen molar-refractivity contribution < 1.29 is 13.2 Å². The molecule has 1 aliphatic carbocycles. The zero-order valence-corrected chi connectivity index (χ0v) is 19.1. The molecule has 2 aromatic carbocycles. The van der Waals surface area contributed by atoms with Gasteiger partial charge in [0.25, 0.3) is 5.91 Å². The van der Waals surface area contributed by atoms with E-state index in [1.807, 2.05) is 14.0 Å². The second-order valence-corrected chi connectivity index (χ2v) is 10.6. The third-order valence-electron chi connectivity index (χ3n) is 6.42. The standard InChI is InChI=1S/C24H31N3O3S/c1-18(20-11-10-19-6-3-4-7-21(19)16-20)25-24(28)22-8-5-9-23(17-22)31(29,30)27-14-12-26(2)13-15-27/h5,8-11,16-18H,3-4,6-7,12-15H2,1-2H3,(H,25,28). The summed E-state index contributed by atoms with van der Waals surface area (Å²) in [5.74, 6) is -0.263. The van der Waals surface area contributed by atoms with E-state index in [-0.39, 0.29) is 16.8 Å². The molecule has 1 aliphatic heterocycles. The van der Waals surface area contributed by atoms with Crippen LogP contribution >= 0.6 is 0 Å². The van der Waals surface area contributed by atoms with Crippen molar-refractivity contribution in [3.05, 3.63) is 64.7 Å². The quantitative estimate of drug-likeness (QED) is 0.775. The Kier molecular flexibility index (Phi) is 6.46. The van der Waals surface area contributed by atoms with Gasteiger partial charge in [-0.25, -0.2) is 8.42 Å². The molecular weight excluding hydrogens is 410 g/mol. The van der Waals surface area contributed by atoms with Crippen molar-refractivity contribution in [3.63, 3.8) is 0 Å². The van der Waals surface area contributed by atoms with Crippen LogP contribution in [0, 0.1) is 0 Å². The molecule has 31 heavy (non-hydrogen) atoms. The number of nitrogens with zero attached hydrogens (tertiary/aromatic N) is 2. The van der Waals surface area contributed by atoms with Gasteiger partial charge in [0.05, 0.1) is 10.9 Å². The number of amides is 1. The van der Waals surface area contributed by atoms with Gasteiger partial charge in [0.2, 0.25) is 10.0 Å². The van der Waals surface area contributed by atoms with Crippen LogP contribution in [0.5, 0.6) is 0 Å². The van der Waals surface area contributed by atoms with Crippen LogP contribution in [0.15, 0.2) is 47.4 Å². The lowest BCUT2D eigenvalue weighted by Gasteiger charge is -2.31. The minimum absolute atomic E-state index is 0.155. The van der Waals surface area contributed by atoms with Crippen LogP contribution in [0.2, 0.25) is 0 Å². The number of rotatable bonds is 5. The van der Waals surface area contributed by atoms with Crippen molar-refractivity contribution in [1.82, 2.24) is 14.5 Å². The van der Waals surface area contributed by atoms with Gasteiger partial charge in [-0.2, -0.15) is 4.31 Å². The van der Waals surface area contributed by atoms with Gasteiger partial charge in [-0.3, -0.25) is 4.79 Å². The Hall–Kier alpha value is -2.22. The van der Waals surface area contributed by atoms with Crippen molar-refractivity contribution in [2.75, 3.05) is 33.2 Å². The number of hydrogen-bond acceptors (Lipinski definition) is 4. The second kappa shape index (κ2) is 9.10. The number of benzene rings is 2. The number of fused-ring (bicyclic) bond motifs is 1. The molecule has 2 aromatic rings. The van der Waals surface area contributed by atoms with Crippen LogP contribution in [-0.4, -0.2) is 56.8 Å². The average molecular weight is 442 g/mol. The fourth-order valence-electron chi connectivity index (χ4n) is 4.36. The van der Waals surface area contributed by atoms with Gasteiger partial charge >= 0.3 is 0 Å². The zero-order chi connectivity index (χ0) is 22.0. The lowest BCUT2D eigenvalue weighted by atomic mass is 9.89. The van der Waals surface area contributed by atoms with Crippen molar-refractivity contribution in [2.24, 2.45) is 0 Å². The first kappa shape index (κ1) is 22.0. The average Bonchev–Trinajstić information content (AvgIpc) is 2.79. The Morgan fingerprint density at radius 3 is 2.42 bits per heavy atom. The third-order valence-corrected chi connectivity index (χ3v) is 8.31. The highest BCUT2D eigenvalue weighted by molar-refractivity contribution is 7.89. The summed E-state index contributed by atoms with van der Waals surface area (Å²) in [6.45, 7) is 4.30. The van der Waals surface area contributed by atoms with Gasteiger partial charge in [0.15, 0.2) is 0 Å². The second-order valence-electron chi connectivity index (χ2n) is 8.67. The van der Waals surface area contributed by atoms with Gasteiger partial charge in [0, 0.05) is 31.7 Å². The van der Waals surface area contributed by atoms with E-state index in [1.165, 1.54) is 34.3 Å². The van der Waals surface area contributed by atoms with E-state index < -0.39 is 10.0 Å². The molecule has 7 heteroatoms. The minimum atomic E-state index is -3.61. The van der Waals surface area contributed by atoms with E-state index in [1.54, 1.807) is 18.2 Å². The van der Waals surface area contributed by atoms with Crippen LogP contribution in [0.1, 0.15) is 52.9 Å². The molecule has 2 aliphatic rings. The molecule has 4 rings (SSSR count). The van der Waals surface area contributed by atoms with E-state index in [0.29, 0.717) is 31.7 Å². The smallest absolute Gasteiger partial charge is 0.251 e. The van der Waals surface area contributed by atoms with Crippen LogP contribution in [0.25, 0.3) is 0 Å². The van der Waals surface area contributed by atoms with Crippen molar-refractivity contribution in [2.45, 2.75) is 43.5 Å². The maximum absolute atomic E-state index is 13.0. The molecule has 0 spiro atoms. The van der Waals surface area contributed by atoms with Crippen molar-refractivity contribution in [3.8, 4) is 0 Å². The minimum Gasteiger partial charge on any atom is -0.346 e. The highest BCUT2D eigenvalue weighted by Crippen LogP contribution is 2.25. The van der Waals surface area contributed by atoms with Crippen LogP contribution in [-0.2, 0) is 22.9 Å².